The summed E-state index contributed by atoms with van der Waals surface area (Å²) in [5.41, 5.74) is 0.0423. The van der Waals surface area contributed by atoms with Gasteiger partial charge in [-0.1, -0.05) is 12.1 Å². The Morgan fingerprint density at radius 2 is 1.83 bits per heavy atom. The Morgan fingerprint density at radius 3 is 2.51 bits per heavy atom. The number of halogens is 4. The summed E-state index contributed by atoms with van der Waals surface area (Å²) in [4.78, 5) is 4.74. The van der Waals surface area contributed by atoms with E-state index in [4.69, 9.17) is 14.2 Å². The number of benzene rings is 2. The van der Waals surface area contributed by atoms with Gasteiger partial charge in [-0.2, -0.15) is 23.5 Å². The molecule has 0 amide bonds. The van der Waals surface area contributed by atoms with Crippen LogP contribution in [0.3, 0.4) is 0 Å². The first kappa shape index (κ1) is 29.8. The van der Waals surface area contributed by atoms with Gasteiger partial charge < -0.3 is 19.1 Å². The van der Waals surface area contributed by atoms with Gasteiger partial charge in [-0.25, -0.2) is 4.39 Å². The topological polar surface area (TPSA) is 75.7 Å². The summed E-state index contributed by atoms with van der Waals surface area (Å²) < 4.78 is 73.1. The number of hydrogen-bond acceptors (Lipinski definition) is 8. The highest BCUT2D eigenvalue weighted by Crippen LogP contribution is 2.43. The number of aromatic amines is 1. The third-order valence-corrected chi connectivity index (χ3v) is 8.36. The van der Waals surface area contributed by atoms with Crippen LogP contribution in [0, 0.1) is 5.82 Å². The molecule has 2 fully saturated rings. The summed E-state index contributed by atoms with van der Waals surface area (Å²) in [5.74, 6) is 0.214. The second kappa shape index (κ2) is 12.3. The Kier molecular flexibility index (Phi) is 8.90. The zero-order chi connectivity index (χ0) is 29.2. The molecule has 0 aliphatic carbocycles. The molecule has 222 valence electrons. The van der Waals surface area contributed by atoms with Crippen LogP contribution in [0.4, 0.5) is 23.4 Å². The quantitative estimate of drug-likeness (QED) is 0.275. The van der Waals surface area contributed by atoms with E-state index in [0.29, 0.717) is 48.1 Å². The van der Waals surface area contributed by atoms with E-state index in [1.165, 1.54) is 23.9 Å². The van der Waals surface area contributed by atoms with Crippen LogP contribution in [0.25, 0.3) is 0 Å². The van der Waals surface area contributed by atoms with Crippen LogP contribution in [0.15, 0.2) is 47.4 Å². The number of aromatic nitrogens is 3. The lowest BCUT2D eigenvalue weighted by Gasteiger charge is -2.50. The molecule has 2 aromatic carbocycles. The molecular formula is C28H33F4N5O3S. The lowest BCUT2D eigenvalue weighted by molar-refractivity contribution is -0.216. The van der Waals surface area contributed by atoms with Gasteiger partial charge in [0.1, 0.15) is 17.1 Å². The van der Waals surface area contributed by atoms with Gasteiger partial charge >= 0.3 is 6.18 Å². The van der Waals surface area contributed by atoms with Gasteiger partial charge in [-0.05, 0) is 61.6 Å². The van der Waals surface area contributed by atoms with Crippen molar-refractivity contribution >= 4 is 17.6 Å². The first-order valence-corrected chi connectivity index (χ1v) is 14.6. The monoisotopic (exact) mass is 595 g/mol. The molecule has 2 aliphatic rings. The summed E-state index contributed by atoms with van der Waals surface area (Å²) >= 11 is 1.23. The van der Waals surface area contributed by atoms with Crippen LogP contribution in [0.1, 0.15) is 42.3 Å². The predicted molar refractivity (Wildman–Crippen MR) is 146 cm³/mol. The number of thioether (sulfide) groups is 1. The summed E-state index contributed by atoms with van der Waals surface area (Å²) in [7, 11) is 0. The number of nitrogens with zero attached hydrogens (tertiary/aromatic N) is 4. The Labute approximate surface area is 240 Å². The van der Waals surface area contributed by atoms with E-state index in [1.807, 2.05) is 11.8 Å². The Hall–Kier alpha value is -2.71. The molecular weight excluding hydrogens is 562 g/mol. The van der Waals surface area contributed by atoms with Crippen LogP contribution < -0.4 is 4.90 Å². The SMILES string of the molecule is CSc1cc([C@@H](C)O[C@H]2OCCN(c3n[nH]nc3CN3CCOCC3)[C@@]2(C)c2ccc(F)cc2)cc(C(F)(F)F)c1. The highest BCUT2D eigenvalue weighted by Gasteiger charge is 2.48. The van der Waals surface area contributed by atoms with E-state index < -0.39 is 35.5 Å². The number of ether oxygens (including phenoxy) is 3. The highest BCUT2D eigenvalue weighted by molar-refractivity contribution is 7.98. The number of alkyl halides is 3. The highest BCUT2D eigenvalue weighted by atomic mass is 32.2. The average molecular weight is 596 g/mol. The summed E-state index contributed by atoms with van der Waals surface area (Å²) in [6.45, 7) is 7.68. The van der Waals surface area contributed by atoms with E-state index in [2.05, 4.69) is 20.3 Å². The maximum atomic E-state index is 14.0. The Morgan fingerprint density at radius 1 is 1.10 bits per heavy atom. The van der Waals surface area contributed by atoms with Crippen LogP contribution >= 0.6 is 11.8 Å². The molecule has 0 radical (unpaired) electrons. The summed E-state index contributed by atoms with van der Waals surface area (Å²) in [6, 6.07) is 9.98. The van der Waals surface area contributed by atoms with Crippen molar-refractivity contribution in [3.05, 3.63) is 70.7 Å². The molecule has 2 saturated heterocycles. The standard InChI is InChI=1S/C28H33F4N5O3S/c1-18(19-14-21(28(30,31)32)16-23(15-19)41-3)40-26-27(2,20-4-6-22(29)7-5-20)37(10-13-39-26)25-24(33-35-34-25)17-36-8-11-38-12-9-36/h4-7,14-16,18,26H,8-13,17H2,1-3H3,(H,33,34,35)/t18-,26-,27+/m1/s1. The molecule has 3 atom stereocenters. The molecule has 3 heterocycles. The van der Waals surface area contributed by atoms with Gasteiger partial charge in [0.05, 0.1) is 31.5 Å². The van der Waals surface area contributed by atoms with Crippen molar-refractivity contribution in [2.45, 2.75) is 49.4 Å². The number of hydrogen-bond donors (Lipinski definition) is 1. The molecule has 8 nitrogen and oxygen atoms in total. The Balaban J connectivity index is 1.50. The first-order valence-electron chi connectivity index (χ1n) is 13.4. The number of rotatable bonds is 8. The van der Waals surface area contributed by atoms with Crippen molar-refractivity contribution in [1.82, 2.24) is 20.3 Å². The van der Waals surface area contributed by atoms with Crippen molar-refractivity contribution in [1.29, 1.82) is 0 Å². The lowest BCUT2D eigenvalue weighted by atomic mass is 9.87. The number of anilines is 1. The number of morpholine rings is 2. The van der Waals surface area contributed by atoms with Gasteiger partial charge in [0.2, 0.25) is 0 Å². The summed E-state index contributed by atoms with van der Waals surface area (Å²) in [5, 5.41) is 11.7. The fourth-order valence-electron chi connectivity index (χ4n) is 5.29. The van der Waals surface area contributed by atoms with Gasteiger partial charge in [0.15, 0.2) is 12.1 Å². The molecule has 13 heteroatoms. The molecule has 1 aromatic heterocycles. The minimum absolute atomic E-state index is 0.274. The van der Waals surface area contributed by atoms with Gasteiger partial charge in [0, 0.05) is 31.1 Å². The molecule has 41 heavy (non-hydrogen) atoms. The van der Waals surface area contributed by atoms with Crippen molar-refractivity contribution in [2.24, 2.45) is 0 Å². The number of H-pyrrole nitrogens is 1. The molecule has 0 saturated carbocycles. The summed E-state index contributed by atoms with van der Waals surface area (Å²) in [6.07, 6.45) is -4.45. The molecule has 5 rings (SSSR count). The predicted octanol–water partition coefficient (Wildman–Crippen LogP) is 5.37. The lowest BCUT2D eigenvalue weighted by Crippen LogP contribution is -2.60. The van der Waals surface area contributed by atoms with Crippen molar-refractivity contribution in [3.8, 4) is 0 Å². The van der Waals surface area contributed by atoms with Gasteiger partial charge in [-0.3, -0.25) is 4.90 Å². The van der Waals surface area contributed by atoms with Crippen LogP contribution in [0.5, 0.6) is 0 Å². The molecule has 0 bridgehead atoms. The first-order chi connectivity index (χ1) is 19.6. The average Bonchev–Trinajstić information content (AvgIpc) is 3.41. The minimum atomic E-state index is -4.50. The largest absolute Gasteiger partial charge is 0.416 e. The fraction of sp³-hybridized carbons (Fsp3) is 0.500. The Bertz CT molecular complexity index is 1320. The molecule has 0 spiro atoms. The minimum Gasteiger partial charge on any atom is -0.379 e. The normalized spacial score (nSPS) is 23.1. The maximum absolute atomic E-state index is 14.0. The second-order valence-electron chi connectivity index (χ2n) is 10.3. The third-order valence-electron chi connectivity index (χ3n) is 7.65. The molecule has 0 unspecified atom stereocenters. The number of nitrogens with one attached hydrogen (secondary N) is 1. The molecule has 3 aromatic rings. The second-order valence-corrected chi connectivity index (χ2v) is 11.1. The maximum Gasteiger partial charge on any atom is 0.416 e. The van der Waals surface area contributed by atoms with E-state index >= 15 is 0 Å². The van der Waals surface area contributed by atoms with E-state index in [9.17, 15) is 17.6 Å². The van der Waals surface area contributed by atoms with Gasteiger partial charge in [0.25, 0.3) is 0 Å². The van der Waals surface area contributed by atoms with Gasteiger partial charge in [-0.15, -0.1) is 16.9 Å². The van der Waals surface area contributed by atoms with Crippen LogP contribution in [-0.2, 0) is 32.5 Å². The van der Waals surface area contributed by atoms with E-state index in [0.717, 1.165) is 30.9 Å². The molecule has 1 N–H and O–H groups in total. The van der Waals surface area contributed by atoms with E-state index in [-0.39, 0.29) is 6.61 Å². The third kappa shape index (κ3) is 6.38. The van der Waals surface area contributed by atoms with Crippen LogP contribution in [-0.4, -0.2) is 72.3 Å². The fourth-order valence-corrected chi connectivity index (χ4v) is 5.79. The zero-order valence-corrected chi connectivity index (χ0v) is 23.9. The van der Waals surface area contributed by atoms with Crippen molar-refractivity contribution in [2.75, 3.05) is 50.6 Å². The smallest absolute Gasteiger partial charge is 0.379 e. The van der Waals surface area contributed by atoms with Crippen molar-refractivity contribution < 1.29 is 31.8 Å². The molecule has 2 aliphatic heterocycles. The van der Waals surface area contributed by atoms with E-state index in [1.54, 1.807) is 31.4 Å². The van der Waals surface area contributed by atoms with Crippen molar-refractivity contribution in [3.63, 3.8) is 0 Å². The van der Waals surface area contributed by atoms with Crippen LogP contribution in [0.2, 0.25) is 0 Å². The zero-order valence-electron chi connectivity index (χ0n) is 23.1.